The molecule has 1 aromatic carbocycles. The second kappa shape index (κ2) is 5.35. The summed E-state index contributed by atoms with van der Waals surface area (Å²) in [5.74, 6) is -0.109. The number of hydrogen-bond acceptors (Lipinski definition) is 5. The van der Waals surface area contributed by atoms with Crippen molar-refractivity contribution < 1.29 is 18.9 Å². The monoisotopic (exact) mass is 268 g/mol. The van der Waals surface area contributed by atoms with E-state index >= 15 is 0 Å². The lowest BCUT2D eigenvalue weighted by molar-refractivity contribution is -0.334. The van der Waals surface area contributed by atoms with Crippen LogP contribution in [0.15, 0.2) is 36.4 Å². The molecule has 0 radical (unpaired) electrons. The van der Waals surface area contributed by atoms with Crippen LogP contribution in [0.4, 0.5) is 0 Å². The Balaban J connectivity index is 0.00000162. The number of para-hydroxylation sites is 1. The maximum atomic E-state index is 10.6. The second-order valence-corrected chi connectivity index (χ2v) is 4.49. The molecule has 0 saturated carbocycles. The minimum absolute atomic E-state index is 0. The largest absolute Gasteiger partial charge is 0.780 e. The summed E-state index contributed by atoms with van der Waals surface area (Å²) in [7, 11) is -5.08. The van der Waals surface area contributed by atoms with Crippen LogP contribution in [0.25, 0.3) is 5.69 Å². The van der Waals surface area contributed by atoms with E-state index in [0.717, 1.165) is 0 Å². The molecule has 0 bridgehead atoms. The molecule has 0 aliphatic heterocycles. The van der Waals surface area contributed by atoms with Crippen molar-refractivity contribution >= 4 is 7.82 Å². The van der Waals surface area contributed by atoms with Gasteiger partial charge in [0.05, 0.1) is 11.4 Å². The summed E-state index contributed by atoms with van der Waals surface area (Å²) >= 11 is 0. The first kappa shape index (κ1) is 14.4. The van der Waals surface area contributed by atoms with E-state index in [-0.39, 0.29) is 13.3 Å². The zero-order valence-corrected chi connectivity index (χ0v) is 9.83. The van der Waals surface area contributed by atoms with Crippen molar-refractivity contribution in [3.63, 3.8) is 0 Å². The maximum Gasteiger partial charge on any atom is 0.220 e. The summed E-state index contributed by atoms with van der Waals surface area (Å²) in [5.41, 5.74) is 1.17. The molecule has 6 nitrogen and oxygen atoms in total. The van der Waals surface area contributed by atoms with Crippen molar-refractivity contribution in [1.29, 1.82) is 0 Å². The Morgan fingerprint density at radius 1 is 1.28 bits per heavy atom. The SMILES string of the molecule is C.Cc1cc(OP(=O)([O-])[O-])n(-c2ccccc2)n1. The molecule has 0 amide bonds. The molecular weight excluding hydrogens is 255 g/mol. The van der Waals surface area contributed by atoms with Crippen LogP contribution in [-0.2, 0) is 4.57 Å². The summed E-state index contributed by atoms with van der Waals surface area (Å²) in [5, 5.41) is 4.06. The second-order valence-electron chi connectivity index (χ2n) is 3.41. The first-order valence-electron chi connectivity index (χ1n) is 4.79. The van der Waals surface area contributed by atoms with Crippen molar-refractivity contribution in [2.24, 2.45) is 0 Å². The zero-order valence-electron chi connectivity index (χ0n) is 8.94. The Bertz CT molecular complexity index is 562. The molecule has 0 atom stereocenters. The van der Waals surface area contributed by atoms with Gasteiger partial charge in [-0.1, -0.05) is 25.6 Å². The van der Waals surface area contributed by atoms with Gasteiger partial charge in [0, 0.05) is 6.07 Å². The van der Waals surface area contributed by atoms with Crippen LogP contribution >= 0.6 is 7.82 Å². The van der Waals surface area contributed by atoms with Crippen LogP contribution in [0.3, 0.4) is 0 Å². The number of aryl methyl sites for hydroxylation is 1. The molecule has 18 heavy (non-hydrogen) atoms. The standard InChI is InChI=1S/C10H11N2O4P.CH4/c1-8-7-10(16-17(13,14)15)12(11-8)9-5-3-2-4-6-9;/h2-7H,1H3,(H2,13,14,15);1H4/p-2. The number of phosphoric ester groups is 1. The van der Waals surface area contributed by atoms with Crippen LogP contribution in [0.1, 0.15) is 13.1 Å². The summed E-state index contributed by atoms with van der Waals surface area (Å²) in [6.45, 7) is 1.67. The highest BCUT2D eigenvalue weighted by atomic mass is 31.2. The van der Waals surface area contributed by atoms with E-state index in [1.807, 2.05) is 6.07 Å². The molecule has 7 heteroatoms. The van der Waals surface area contributed by atoms with Gasteiger partial charge in [0.25, 0.3) is 0 Å². The van der Waals surface area contributed by atoms with E-state index in [0.29, 0.717) is 11.4 Å². The molecule has 98 valence electrons. The Kier molecular flexibility index (Phi) is 4.29. The molecule has 1 heterocycles. The number of phosphoric acid groups is 1. The predicted octanol–water partition coefficient (Wildman–Crippen LogP) is 1.02. The Labute approximate surface area is 105 Å². The molecule has 0 aliphatic rings. The quantitative estimate of drug-likeness (QED) is 0.775. The van der Waals surface area contributed by atoms with E-state index in [1.54, 1.807) is 31.2 Å². The molecule has 0 saturated heterocycles. The van der Waals surface area contributed by atoms with Gasteiger partial charge < -0.3 is 18.9 Å². The Hall–Kier alpha value is -1.62. The summed E-state index contributed by atoms with van der Waals surface area (Å²) in [6.07, 6.45) is 0. The van der Waals surface area contributed by atoms with E-state index < -0.39 is 7.82 Å². The van der Waals surface area contributed by atoms with Gasteiger partial charge in [-0.3, -0.25) is 0 Å². The summed E-state index contributed by atoms with van der Waals surface area (Å²) < 4.78 is 16.2. The third kappa shape index (κ3) is 3.43. The highest BCUT2D eigenvalue weighted by molar-refractivity contribution is 7.43. The van der Waals surface area contributed by atoms with Crippen LogP contribution in [0, 0.1) is 6.92 Å². The summed E-state index contributed by atoms with van der Waals surface area (Å²) in [4.78, 5) is 21.2. The van der Waals surface area contributed by atoms with Gasteiger partial charge >= 0.3 is 0 Å². The maximum absolute atomic E-state index is 10.6. The number of hydrogen-bond donors (Lipinski definition) is 0. The molecule has 2 aromatic rings. The van der Waals surface area contributed by atoms with Gasteiger partial charge in [0.15, 0.2) is 0 Å². The zero-order chi connectivity index (χ0) is 12.5. The number of nitrogens with zero attached hydrogens (tertiary/aromatic N) is 2. The molecule has 0 aliphatic carbocycles. The third-order valence-electron chi connectivity index (χ3n) is 2.00. The van der Waals surface area contributed by atoms with Crippen LogP contribution in [-0.4, -0.2) is 9.78 Å². The molecule has 2 rings (SSSR count). The Morgan fingerprint density at radius 2 is 1.89 bits per heavy atom. The number of rotatable bonds is 3. The van der Waals surface area contributed by atoms with Crippen molar-refractivity contribution in [1.82, 2.24) is 9.78 Å². The normalized spacial score (nSPS) is 10.8. The topological polar surface area (TPSA) is 90.2 Å². The minimum Gasteiger partial charge on any atom is -0.780 e. The fourth-order valence-electron chi connectivity index (χ4n) is 1.41. The van der Waals surface area contributed by atoms with Gasteiger partial charge in [-0.15, -0.1) is 0 Å². The molecule has 0 N–H and O–H groups in total. The van der Waals surface area contributed by atoms with Crippen LogP contribution in [0.5, 0.6) is 5.88 Å². The molecule has 1 aromatic heterocycles. The lowest BCUT2D eigenvalue weighted by atomic mass is 10.3. The van der Waals surface area contributed by atoms with Crippen LogP contribution < -0.4 is 14.3 Å². The van der Waals surface area contributed by atoms with Crippen molar-refractivity contribution in [2.75, 3.05) is 0 Å². The van der Waals surface area contributed by atoms with Crippen molar-refractivity contribution in [3.05, 3.63) is 42.1 Å². The van der Waals surface area contributed by atoms with Crippen LogP contribution in [0.2, 0.25) is 0 Å². The lowest BCUT2D eigenvalue weighted by Crippen LogP contribution is -2.19. The highest BCUT2D eigenvalue weighted by Crippen LogP contribution is 2.31. The van der Waals surface area contributed by atoms with Gasteiger partial charge in [-0.2, -0.15) is 5.10 Å². The lowest BCUT2D eigenvalue weighted by Gasteiger charge is -2.28. The van der Waals surface area contributed by atoms with Gasteiger partial charge in [0.1, 0.15) is 7.82 Å². The van der Waals surface area contributed by atoms with Crippen molar-refractivity contribution in [3.8, 4) is 11.6 Å². The van der Waals surface area contributed by atoms with E-state index in [9.17, 15) is 14.4 Å². The minimum atomic E-state index is -5.08. The van der Waals surface area contributed by atoms with E-state index in [4.69, 9.17) is 0 Å². The molecule has 0 spiro atoms. The molecule has 0 unspecified atom stereocenters. The van der Waals surface area contributed by atoms with E-state index in [1.165, 1.54) is 10.7 Å². The third-order valence-corrected chi connectivity index (χ3v) is 2.42. The fourth-order valence-corrected chi connectivity index (χ4v) is 1.77. The molecular formula is C11H13N2O4P-2. The average Bonchev–Trinajstić information content (AvgIpc) is 2.58. The highest BCUT2D eigenvalue weighted by Gasteiger charge is 2.09. The first-order chi connectivity index (χ1) is 7.96. The molecule has 0 fully saturated rings. The van der Waals surface area contributed by atoms with Gasteiger partial charge in [0.2, 0.25) is 5.88 Å². The Morgan fingerprint density at radius 3 is 2.44 bits per heavy atom. The number of benzene rings is 1. The van der Waals surface area contributed by atoms with Crippen molar-refractivity contribution in [2.45, 2.75) is 14.4 Å². The number of aromatic nitrogens is 2. The summed E-state index contributed by atoms with van der Waals surface area (Å²) in [6, 6.07) is 10.2. The average molecular weight is 268 g/mol. The smallest absolute Gasteiger partial charge is 0.220 e. The van der Waals surface area contributed by atoms with Gasteiger partial charge in [-0.05, 0) is 19.1 Å². The van der Waals surface area contributed by atoms with E-state index in [2.05, 4.69) is 9.62 Å². The fraction of sp³-hybridized carbons (Fsp3) is 0.182. The predicted molar refractivity (Wildman–Crippen MR) is 63.3 cm³/mol. The van der Waals surface area contributed by atoms with Gasteiger partial charge in [-0.25, -0.2) is 4.68 Å². The first-order valence-corrected chi connectivity index (χ1v) is 6.25.